The van der Waals surface area contributed by atoms with Gasteiger partial charge in [0.05, 0.1) is 6.42 Å². The first kappa shape index (κ1) is 14.8. The monoisotopic (exact) mass is 329 g/mol. The van der Waals surface area contributed by atoms with Gasteiger partial charge in [-0.05, 0) is 29.8 Å². The molecular weight excluding hydrogens is 310 g/mol. The van der Waals surface area contributed by atoms with Gasteiger partial charge in [-0.3, -0.25) is 9.69 Å². The molecule has 2 fully saturated rings. The average Bonchev–Trinajstić information content (AvgIpc) is 3.15. The third-order valence-corrected chi connectivity index (χ3v) is 5.25. The Balaban J connectivity index is 1.33. The largest absolute Gasteiger partial charge is 0.364 e. The van der Waals surface area contributed by atoms with Gasteiger partial charge in [0.1, 0.15) is 0 Å². The van der Waals surface area contributed by atoms with Crippen molar-refractivity contribution in [2.75, 3.05) is 19.6 Å². The van der Waals surface area contributed by atoms with Crippen LogP contribution in [0.2, 0.25) is 5.02 Å². The molecule has 0 aliphatic carbocycles. The molecule has 2 aromatic rings. The van der Waals surface area contributed by atoms with E-state index in [1.54, 1.807) is 0 Å². The summed E-state index contributed by atoms with van der Waals surface area (Å²) in [7, 11) is 0. The first-order valence-corrected chi connectivity index (χ1v) is 8.45. The fraction of sp³-hybridized carbons (Fsp3) is 0.389. The summed E-state index contributed by atoms with van der Waals surface area (Å²) < 4.78 is 0. The Morgan fingerprint density at radius 3 is 2.74 bits per heavy atom. The normalized spacial score (nSPS) is 23.6. The van der Waals surface area contributed by atoms with Crippen molar-refractivity contribution in [3.8, 4) is 0 Å². The van der Waals surface area contributed by atoms with Gasteiger partial charge in [-0.2, -0.15) is 0 Å². The highest BCUT2D eigenvalue weighted by Crippen LogP contribution is 2.33. The number of nitrogens with one attached hydrogen (secondary N) is 1. The number of nitrogens with zero attached hydrogens (tertiary/aromatic N) is 2. The molecule has 5 heteroatoms. The molecule has 2 saturated heterocycles. The molecule has 1 amide bonds. The Labute approximate surface area is 141 Å². The van der Waals surface area contributed by atoms with Crippen molar-refractivity contribution in [3.63, 3.8) is 0 Å². The molecule has 0 saturated carbocycles. The van der Waals surface area contributed by atoms with E-state index in [9.17, 15) is 4.79 Å². The average molecular weight is 330 g/mol. The van der Waals surface area contributed by atoms with Crippen molar-refractivity contribution in [3.05, 3.63) is 58.9 Å². The number of carbonyl (C=O) groups is 1. The predicted molar refractivity (Wildman–Crippen MR) is 90.2 cm³/mol. The van der Waals surface area contributed by atoms with Gasteiger partial charge in [0.2, 0.25) is 5.91 Å². The number of hydrogen-bond donors (Lipinski definition) is 1. The maximum absolute atomic E-state index is 12.5. The molecule has 1 aromatic heterocycles. The van der Waals surface area contributed by atoms with Crippen LogP contribution in [0.3, 0.4) is 0 Å². The highest BCUT2D eigenvalue weighted by Gasteiger charge is 2.46. The minimum atomic E-state index is 0.224. The number of likely N-dealkylation sites (tertiary alicyclic amines) is 2. The van der Waals surface area contributed by atoms with Gasteiger partial charge in [-0.25, -0.2) is 0 Å². The Morgan fingerprint density at radius 2 is 2.00 bits per heavy atom. The van der Waals surface area contributed by atoms with E-state index in [0.29, 0.717) is 23.4 Å². The standard InChI is InChI=1S/C18H20ClN3O/c19-15-5-3-13(4-6-15)8-18(23)22-10-14-9-21(17(14)12-22)11-16-2-1-7-20-16/h1-7,14,17,20H,8-12H2. The lowest BCUT2D eigenvalue weighted by Gasteiger charge is -2.43. The Bertz CT molecular complexity index is 683. The van der Waals surface area contributed by atoms with Gasteiger partial charge in [0, 0.05) is 55.1 Å². The lowest BCUT2D eigenvalue weighted by molar-refractivity contribution is -0.129. The van der Waals surface area contributed by atoms with Gasteiger partial charge in [-0.1, -0.05) is 23.7 Å². The lowest BCUT2D eigenvalue weighted by atomic mass is 9.92. The number of aromatic nitrogens is 1. The second kappa shape index (κ2) is 6.02. The van der Waals surface area contributed by atoms with Crippen LogP contribution in [0.1, 0.15) is 11.3 Å². The van der Waals surface area contributed by atoms with E-state index in [0.717, 1.165) is 31.7 Å². The lowest BCUT2D eigenvalue weighted by Crippen LogP contribution is -2.54. The summed E-state index contributed by atoms with van der Waals surface area (Å²) in [5.41, 5.74) is 2.27. The Hall–Kier alpha value is -1.78. The van der Waals surface area contributed by atoms with Crippen LogP contribution in [0.4, 0.5) is 0 Å². The molecule has 4 nitrogen and oxygen atoms in total. The molecule has 2 unspecified atom stereocenters. The second-order valence-electron chi connectivity index (χ2n) is 6.55. The van der Waals surface area contributed by atoms with E-state index in [4.69, 9.17) is 11.6 Å². The van der Waals surface area contributed by atoms with Gasteiger partial charge in [0.25, 0.3) is 0 Å². The van der Waals surface area contributed by atoms with Crippen molar-refractivity contribution in [1.82, 2.24) is 14.8 Å². The maximum atomic E-state index is 12.5. The van der Waals surface area contributed by atoms with E-state index in [1.165, 1.54) is 5.69 Å². The first-order chi connectivity index (χ1) is 11.2. The van der Waals surface area contributed by atoms with Crippen molar-refractivity contribution >= 4 is 17.5 Å². The second-order valence-corrected chi connectivity index (χ2v) is 6.99. The Kier molecular flexibility index (Phi) is 3.87. The number of rotatable bonds is 4. The summed E-state index contributed by atoms with van der Waals surface area (Å²) in [5, 5.41) is 0.709. The number of benzene rings is 1. The molecule has 0 radical (unpaired) electrons. The zero-order chi connectivity index (χ0) is 15.8. The number of H-pyrrole nitrogens is 1. The quantitative estimate of drug-likeness (QED) is 0.936. The summed E-state index contributed by atoms with van der Waals surface area (Å²) in [6, 6.07) is 12.2. The van der Waals surface area contributed by atoms with Crippen LogP contribution >= 0.6 is 11.6 Å². The predicted octanol–water partition coefficient (Wildman–Crippen LogP) is 2.55. The number of hydrogen-bond acceptors (Lipinski definition) is 2. The van der Waals surface area contributed by atoms with Crippen molar-refractivity contribution in [2.24, 2.45) is 5.92 Å². The fourth-order valence-corrected chi connectivity index (χ4v) is 3.83. The molecule has 23 heavy (non-hydrogen) atoms. The molecule has 2 aliphatic heterocycles. The third-order valence-electron chi connectivity index (χ3n) is 5.00. The van der Waals surface area contributed by atoms with Crippen LogP contribution in [0.5, 0.6) is 0 Å². The highest BCUT2D eigenvalue weighted by molar-refractivity contribution is 6.30. The summed E-state index contributed by atoms with van der Waals surface area (Å²) in [4.78, 5) is 20.3. The number of amides is 1. The van der Waals surface area contributed by atoms with Crippen molar-refractivity contribution in [1.29, 1.82) is 0 Å². The van der Waals surface area contributed by atoms with Crippen LogP contribution in [-0.4, -0.2) is 46.4 Å². The Morgan fingerprint density at radius 1 is 1.17 bits per heavy atom. The van der Waals surface area contributed by atoms with E-state index in [1.807, 2.05) is 41.4 Å². The van der Waals surface area contributed by atoms with Crippen LogP contribution in [0.25, 0.3) is 0 Å². The zero-order valence-electron chi connectivity index (χ0n) is 12.9. The highest BCUT2D eigenvalue weighted by atomic mass is 35.5. The molecule has 1 aromatic carbocycles. The van der Waals surface area contributed by atoms with Gasteiger partial charge in [-0.15, -0.1) is 0 Å². The number of aromatic amines is 1. The van der Waals surface area contributed by atoms with E-state index in [2.05, 4.69) is 16.0 Å². The summed E-state index contributed by atoms with van der Waals surface area (Å²) in [6.45, 7) is 3.80. The summed E-state index contributed by atoms with van der Waals surface area (Å²) in [5.74, 6) is 0.862. The van der Waals surface area contributed by atoms with Crippen molar-refractivity contribution < 1.29 is 4.79 Å². The maximum Gasteiger partial charge on any atom is 0.227 e. The summed E-state index contributed by atoms with van der Waals surface area (Å²) >= 11 is 5.89. The van der Waals surface area contributed by atoms with Crippen LogP contribution in [0, 0.1) is 5.92 Å². The molecule has 0 spiro atoms. The summed E-state index contributed by atoms with van der Waals surface area (Å²) in [6.07, 6.45) is 2.43. The third kappa shape index (κ3) is 3.01. The SMILES string of the molecule is O=C(Cc1ccc(Cl)cc1)N1CC2CN(Cc3ccc[nH]3)C2C1. The molecule has 0 bridgehead atoms. The fourth-order valence-electron chi connectivity index (χ4n) is 3.70. The number of fused-ring (bicyclic) bond motifs is 1. The van der Waals surface area contributed by atoms with Gasteiger partial charge >= 0.3 is 0 Å². The molecule has 2 atom stereocenters. The zero-order valence-corrected chi connectivity index (χ0v) is 13.7. The minimum absolute atomic E-state index is 0.224. The van der Waals surface area contributed by atoms with E-state index >= 15 is 0 Å². The molecular formula is C18H20ClN3O. The number of carbonyl (C=O) groups excluding carboxylic acids is 1. The number of halogens is 1. The molecule has 3 heterocycles. The van der Waals surface area contributed by atoms with Crippen LogP contribution < -0.4 is 0 Å². The molecule has 2 aliphatic rings. The van der Waals surface area contributed by atoms with E-state index in [-0.39, 0.29) is 5.91 Å². The minimum Gasteiger partial charge on any atom is -0.364 e. The molecule has 120 valence electrons. The van der Waals surface area contributed by atoms with Crippen molar-refractivity contribution in [2.45, 2.75) is 19.0 Å². The van der Waals surface area contributed by atoms with Gasteiger partial charge < -0.3 is 9.88 Å². The molecule has 1 N–H and O–H groups in total. The smallest absolute Gasteiger partial charge is 0.227 e. The molecule has 4 rings (SSSR count). The van der Waals surface area contributed by atoms with E-state index < -0.39 is 0 Å². The topological polar surface area (TPSA) is 39.3 Å². The van der Waals surface area contributed by atoms with Gasteiger partial charge in [0.15, 0.2) is 0 Å². The first-order valence-electron chi connectivity index (χ1n) is 8.07. The van der Waals surface area contributed by atoms with Crippen LogP contribution in [0.15, 0.2) is 42.6 Å². The van der Waals surface area contributed by atoms with Crippen LogP contribution in [-0.2, 0) is 17.8 Å².